The van der Waals surface area contributed by atoms with Gasteiger partial charge in [0.1, 0.15) is 0 Å². The van der Waals surface area contributed by atoms with Crippen molar-refractivity contribution in [3.63, 3.8) is 0 Å². The van der Waals surface area contributed by atoms with Gasteiger partial charge in [-0.3, -0.25) is 0 Å². The van der Waals surface area contributed by atoms with Gasteiger partial charge in [0, 0.05) is 13.1 Å². The Morgan fingerprint density at radius 1 is 1.25 bits per heavy atom. The van der Waals surface area contributed by atoms with Crippen molar-refractivity contribution < 1.29 is 14.7 Å². The summed E-state index contributed by atoms with van der Waals surface area (Å²) in [5.74, 6) is -0.377. The van der Waals surface area contributed by atoms with E-state index in [1.165, 1.54) is 12.1 Å². The lowest BCUT2D eigenvalue weighted by Gasteiger charge is -2.08. The number of carbonyl (C=O) groups excluding carboxylic acids is 1. The van der Waals surface area contributed by atoms with Crippen LogP contribution >= 0.6 is 0 Å². The minimum Gasteiger partial charge on any atom is -0.478 e. The van der Waals surface area contributed by atoms with Crippen LogP contribution in [0.3, 0.4) is 0 Å². The molecule has 5 heteroatoms. The summed E-state index contributed by atoms with van der Waals surface area (Å²) in [6.07, 6.45) is 1.16. The highest BCUT2D eigenvalue weighted by molar-refractivity contribution is 5.87. The van der Waals surface area contributed by atoms with E-state index < -0.39 is 5.97 Å². The highest BCUT2D eigenvalue weighted by atomic mass is 16.4. The Bertz CT molecular complexity index is 508. The van der Waals surface area contributed by atoms with Crippen molar-refractivity contribution in [3.8, 4) is 0 Å². The van der Waals surface area contributed by atoms with E-state index in [4.69, 9.17) is 5.11 Å². The molecule has 1 atom stereocenters. The lowest BCUT2D eigenvalue weighted by molar-refractivity contribution is 0.0697. The molecule has 0 spiro atoms. The molecular weight excluding hydrogens is 256 g/mol. The zero-order valence-corrected chi connectivity index (χ0v) is 11.8. The van der Waals surface area contributed by atoms with Gasteiger partial charge in [-0.05, 0) is 35.4 Å². The predicted molar refractivity (Wildman–Crippen MR) is 75.5 cm³/mol. The molecular formula is C15H20N2O3. The minimum atomic E-state index is -0.950. The molecule has 0 radical (unpaired) electrons. The van der Waals surface area contributed by atoms with Gasteiger partial charge in [0.05, 0.1) is 5.56 Å². The molecule has 20 heavy (non-hydrogen) atoms. The summed E-state index contributed by atoms with van der Waals surface area (Å²) < 4.78 is 0. The molecule has 0 bridgehead atoms. The van der Waals surface area contributed by atoms with Gasteiger partial charge < -0.3 is 15.7 Å². The van der Waals surface area contributed by atoms with Crippen LogP contribution < -0.4 is 10.6 Å². The summed E-state index contributed by atoms with van der Waals surface area (Å²) in [6, 6.07) is 6.28. The summed E-state index contributed by atoms with van der Waals surface area (Å²) in [7, 11) is 0. The molecule has 1 aliphatic carbocycles. The molecule has 1 unspecified atom stereocenters. The average Bonchev–Trinajstić information content (AvgIpc) is 3.02. The molecule has 3 N–H and O–H groups in total. The van der Waals surface area contributed by atoms with Crippen LogP contribution in [0.2, 0.25) is 0 Å². The maximum atomic E-state index is 11.6. The van der Waals surface area contributed by atoms with Gasteiger partial charge in [-0.25, -0.2) is 9.59 Å². The molecule has 0 aliphatic heterocycles. The monoisotopic (exact) mass is 276 g/mol. The van der Waals surface area contributed by atoms with E-state index in [1.54, 1.807) is 12.1 Å². The first-order valence-corrected chi connectivity index (χ1v) is 6.72. The zero-order valence-electron chi connectivity index (χ0n) is 11.8. The van der Waals surface area contributed by atoms with Crippen LogP contribution in [0.15, 0.2) is 24.3 Å². The fraction of sp³-hybridized carbons (Fsp3) is 0.467. The maximum Gasteiger partial charge on any atom is 0.335 e. The van der Waals surface area contributed by atoms with Crippen molar-refractivity contribution in [2.75, 3.05) is 6.54 Å². The third-order valence-corrected chi connectivity index (χ3v) is 3.88. The first-order valence-electron chi connectivity index (χ1n) is 6.72. The fourth-order valence-electron chi connectivity index (χ4n) is 2.15. The number of amides is 2. The van der Waals surface area contributed by atoms with Crippen molar-refractivity contribution in [3.05, 3.63) is 35.4 Å². The summed E-state index contributed by atoms with van der Waals surface area (Å²) in [4.78, 5) is 22.3. The van der Waals surface area contributed by atoms with Crippen molar-refractivity contribution in [2.45, 2.75) is 26.8 Å². The van der Waals surface area contributed by atoms with Gasteiger partial charge in [-0.1, -0.05) is 26.0 Å². The first-order chi connectivity index (χ1) is 9.38. The molecule has 1 aliphatic rings. The highest BCUT2D eigenvalue weighted by Crippen LogP contribution is 2.50. The Kier molecular flexibility index (Phi) is 3.97. The summed E-state index contributed by atoms with van der Waals surface area (Å²) in [5, 5.41) is 14.4. The average molecular weight is 276 g/mol. The first kappa shape index (κ1) is 14.4. The third kappa shape index (κ3) is 3.73. The number of carboxylic acids is 1. The van der Waals surface area contributed by atoms with Gasteiger partial charge in [-0.2, -0.15) is 0 Å². The second kappa shape index (κ2) is 5.53. The number of hydrogen-bond acceptors (Lipinski definition) is 2. The highest BCUT2D eigenvalue weighted by Gasteiger charge is 2.45. The van der Waals surface area contributed by atoms with E-state index in [1.807, 2.05) is 0 Å². The van der Waals surface area contributed by atoms with Crippen molar-refractivity contribution in [1.82, 2.24) is 10.6 Å². The molecule has 1 fully saturated rings. The second-order valence-corrected chi connectivity index (χ2v) is 5.96. The normalized spacial score (nSPS) is 19.2. The van der Waals surface area contributed by atoms with Crippen molar-refractivity contribution in [2.24, 2.45) is 11.3 Å². The van der Waals surface area contributed by atoms with E-state index in [2.05, 4.69) is 24.5 Å². The molecule has 0 saturated heterocycles. The summed E-state index contributed by atoms with van der Waals surface area (Å²) in [5.41, 5.74) is 1.48. The molecule has 2 rings (SSSR count). The molecule has 1 aromatic rings. The minimum absolute atomic E-state index is 0.185. The smallest absolute Gasteiger partial charge is 0.335 e. The standard InChI is InChI=1S/C15H20N2O3/c1-15(2)7-12(15)9-17-14(20)16-8-10-3-5-11(6-4-10)13(18)19/h3-6,12H,7-9H2,1-2H3,(H,18,19)(H2,16,17,20). The fourth-order valence-corrected chi connectivity index (χ4v) is 2.15. The lowest BCUT2D eigenvalue weighted by Crippen LogP contribution is -2.36. The van der Waals surface area contributed by atoms with Gasteiger partial charge in [0.15, 0.2) is 0 Å². The van der Waals surface area contributed by atoms with E-state index >= 15 is 0 Å². The van der Waals surface area contributed by atoms with E-state index in [0.29, 0.717) is 24.4 Å². The van der Waals surface area contributed by atoms with Gasteiger partial charge in [0.25, 0.3) is 0 Å². The number of carbonyl (C=O) groups is 2. The number of hydrogen-bond donors (Lipinski definition) is 3. The van der Waals surface area contributed by atoms with Crippen LogP contribution in [0.25, 0.3) is 0 Å². The van der Waals surface area contributed by atoms with Gasteiger partial charge in [-0.15, -0.1) is 0 Å². The largest absolute Gasteiger partial charge is 0.478 e. The Balaban J connectivity index is 1.71. The number of aromatic carboxylic acids is 1. The molecule has 2 amide bonds. The zero-order chi connectivity index (χ0) is 14.8. The van der Waals surface area contributed by atoms with Crippen LogP contribution in [-0.4, -0.2) is 23.7 Å². The Labute approximate surface area is 118 Å². The van der Waals surface area contributed by atoms with E-state index in [-0.39, 0.29) is 11.6 Å². The van der Waals surface area contributed by atoms with Crippen LogP contribution in [-0.2, 0) is 6.54 Å². The van der Waals surface area contributed by atoms with E-state index in [0.717, 1.165) is 12.0 Å². The molecule has 1 aromatic carbocycles. The quantitative estimate of drug-likeness (QED) is 0.771. The number of nitrogens with one attached hydrogen (secondary N) is 2. The van der Waals surface area contributed by atoms with Crippen molar-refractivity contribution >= 4 is 12.0 Å². The SMILES string of the molecule is CC1(C)CC1CNC(=O)NCc1ccc(C(=O)O)cc1. The Hall–Kier alpha value is -2.04. The summed E-state index contributed by atoms with van der Waals surface area (Å²) in [6.45, 7) is 5.49. The van der Waals surface area contributed by atoms with Crippen LogP contribution in [0.1, 0.15) is 36.2 Å². The Morgan fingerprint density at radius 3 is 2.35 bits per heavy atom. The van der Waals surface area contributed by atoms with Crippen LogP contribution in [0.5, 0.6) is 0 Å². The predicted octanol–water partition coefficient (Wildman–Crippen LogP) is 2.23. The third-order valence-electron chi connectivity index (χ3n) is 3.88. The van der Waals surface area contributed by atoms with Crippen LogP contribution in [0.4, 0.5) is 4.79 Å². The topological polar surface area (TPSA) is 78.4 Å². The number of benzene rings is 1. The van der Waals surface area contributed by atoms with Crippen molar-refractivity contribution in [1.29, 1.82) is 0 Å². The second-order valence-electron chi connectivity index (χ2n) is 5.96. The molecule has 108 valence electrons. The number of carboxylic acid groups (broad SMARTS) is 1. The Morgan fingerprint density at radius 2 is 1.85 bits per heavy atom. The molecule has 0 aromatic heterocycles. The number of urea groups is 1. The van der Waals surface area contributed by atoms with Gasteiger partial charge >= 0.3 is 12.0 Å². The molecule has 0 heterocycles. The van der Waals surface area contributed by atoms with Crippen LogP contribution in [0, 0.1) is 11.3 Å². The molecule has 1 saturated carbocycles. The molecule has 5 nitrogen and oxygen atoms in total. The maximum absolute atomic E-state index is 11.6. The van der Waals surface area contributed by atoms with E-state index in [9.17, 15) is 9.59 Å². The lowest BCUT2D eigenvalue weighted by atomic mass is 10.1. The summed E-state index contributed by atoms with van der Waals surface area (Å²) >= 11 is 0. The number of rotatable bonds is 5. The van der Waals surface area contributed by atoms with Gasteiger partial charge in [0.2, 0.25) is 0 Å².